The van der Waals surface area contributed by atoms with Gasteiger partial charge in [0.25, 0.3) is 0 Å². The lowest BCUT2D eigenvalue weighted by molar-refractivity contribution is -0.0497. The SMILES string of the molecule is OCC(CO)OCn1c(Cl)nc(Cl)c1Cl. The average molecular weight is 276 g/mol. The zero-order valence-electron chi connectivity index (χ0n) is 7.53. The van der Waals surface area contributed by atoms with E-state index in [1.54, 1.807) is 0 Å². The van der Waals surface area contributed by atoms with Gasteiger partial charge in [-0.05, 0) is 11.6 Å². The second-order valence-corrected chi connectivity index (χ2v) is 3.73. The molecule has 86 valence electrons. The van der Waals surface area contributed by atoms with Gasteiger partial charge in [-0.15, -0.1) is 0 Å². The number of halogens is 3. The molecule has 15 heavy (non-hydrogen) atoms. The van der Waals surface area contributed by atoms with Crippen molar-refractivity contribution in [2.75, 3.05) is 13.2 Å². The van der Waals surface area contributed by atoms with Crippen LogP contribution in [-0.2, 0) is 11.5 Å². The maximum absolute atomic E-state index is 8.75. The van der Waals surface area contributed by atoms with E-state index in [-0.39, 0.29) is 35.5 Å². The summed E-state index contributed by atoms with van der Waals surface area (Å²) in [6.45, 7) is -0.633. The van der Waals surface area contributed by atoms with Crippen LogP contribution >= 0.6 is 34.8 Å². The van der Waals surface area contributed by atoms with Gasteiger partial charge in [-0.1, -0.05) is 23.2 Å². The molecule has 0 spiro atoms. The van der Waals surface area contributed by atoms with E-state index in [1.807, 2.05) is 0 Å². The van der Waals surface area contributed by atoms with Crippen LogP contribution in [0.1, 0.15) is 0 Å². The quantitative estimate of drug-likeness (QED) is 0.846. The Kier molecular flexibility index (Phi) is 5.11. The Balaban J connectivity index is 2.64. The molecule has 5 nitrogen and oxygen atoms in total. The summed E-state index contributed by atoms with van der Waals surface area (Å²) in [5, 5.41) is 17.8. The molecule has 0 aliphatic carbocycles. The minimum Gasteiger partial charge on any atom is -0.394 e. The van der Waals surface area contributed by atoms with E-state index >= 15 is 0 Å². The molecule has 0 aromatic carbocycles. The van der Waals surface area contributed by atoms with Gasteiger partial charge in [0.05, 0.1) is 13.2 Å². The third kappa shape index (κ3) is 3.21. The van der Waals surface area contributed by atoms with Crippen LogP contribution in [-0.4, -0.2) is 39.1 Å². The molecular weight excluding hydrogens is 266 g/mol. The second kappa shape index (κ2) is 5.89. The Hall–Kier alpha value is -0.0400. The predicted molar refractivity (Wildman–Crippen MR) is 56.3 cm³/mol. The van der Waals surface area contributed by atoms with Gasteiger partial charge in [0.1, 0.15) is 12.8 Å². The first kappa shape index (κ1) is 13.0. The average Bonchev–Trinajstić information content (AvgIpc) is 2.45. The number of aliphatic hydroxyl groups is 2. The van der Waals surface area contributed by atoms with E-state index < -0.39 is 6.10 Å². The van der Waals surface area contributed by atoms with Gasteiger partial charge in [-0.2, -0.15) is 0 Å². The highest BCUT2D eigenvalue weighted by Gasteiger charge is 2.14. The summed E-state index contributed by atoms with van der Waals surface area (Å²) in [5.74, 6) is 0. The van der Waals surface area contributed by atoms with Crippen molar-refractivity contribution in [1.29, 1.82) is 0 Å². The van der Waals surface area contributed by atoms with Gasteiger partial charge in [-0.3, -0.25) is 4.57 Å². The number of rotatable bonds is 5. The molecular formula is C7H9Cl3N2O3. The lowest BCUT2D eigenvalue weighted by Gasteiger charge is -2.13. The molecule has 0 unspecified atom stereocenters. The molecule has 1 aromatic rings. The van der Waals surface area contributed by atoms with Crippen LogP contribution in [0.4, 0.5) is 0 Å². The summed E-state index contributed by atoms with van der Waals surface area (Å²) in [7, 11) is 0. The van der Waals surface area contributed by atoms with E-state index in [0.29, 0.717) is 0 Å². The fourth-order valence-corrected chi connectivity index (χ4v) is 1.49. The van der Waals surface area contributed by atoms with Crippen molar-refractivity contribution in [1.82, 2.24) is 9.55 Å². The van der Waals surface area contributed by atoms with E-state index in [1.165, 1.54) is 4.57 Å². The summed E-state index contributed by atoms with van der Waals surface area (Å²) in [5.41, 5.74) is 0. The summed E-state index contributed by atoms with van der Waals surface area (Å²) < 4.78 is 6.41. The number of nitrogens with zero attached hydrogens (tertiary/aromatic N) is 2. The molecule has 0 radical (unpaired) electrons. The maximum atomic E-state index is 8.75. The van der Waals surface area contributed by atoms with Gasteiger partial charge in [-0.25, -0.2) is 4.98 Å². The summed E-state index contributed by atoms with van der Waals surface area (Å²) in [6, 6.07) is 0. The molecule has 1 heterocycles. The number of aromatic nitrogens is 2. The van der Waals surface area contributed by atoms with Crippen molar-refractivity contribution in [2.45, 2.75) is 12.8 Å². The van der Waals surface area contributed by atoms with Gasteiger partial charge in [0, 0.05) is 0 Å². The number of aliphatic hydroxyl groups excluding tert-OH is 2. The molecule has 0 saturated heterocycles. The van der Waals surface area contributed by atoms with Crippen LogP contribution in [0, 0.1) is 0 Å². The summed E-state index contributed by atoms with van der Waals surface area (Å²) >= 11 is 17.1. The molecule has 1 aromatic heterocycles. The molecule has 2 N–H and O–H groups in total. The number of imidazole rings is 1. The third-order valence-electron chi connectivity index (χ3n) is 1.67. The molecule has 0 amide bonds. The van der Waals surface area contributed by atoms with Crippen LogP contribution in [0.25, 0.3) is 0 Å². The fourth-order valence-electron chi connectivity index (χ4n) is 0.833. The lowest BCUT2D eigenvalue weighted by atomic mass is 10.4. The first-order valence-corrected chi connectivity index (χ1v) is 5.13. The normalized spacial score (nSPS) is 11.3. The fraction of sp³-hybridized carbons (Fsp3) is 0.571. The van der Waals surface area contributed by atoms with Crippen molar-refractivity contribution in [3.05, 3.63) is 15.6 Å². The molecule has 8 heteroatoms. The first-order chi connectivity index (χ1) is 7.10. The number of ether oxygens (including phenoxy) is 1. The summed E-state index contributed by atoms with van der Waals surface area (Å²) in [6.07, 6.45) is -0.682. The van der Waals surface area contributed by atoms with Gasteiger partial charge in [0.15, 0.2) is 10.3 Å². The Morgan fingerprint density at radius 1 is 1.27 bits per heavy atom. The molecule has 0 saturated carbocycles. The zero-order valence-corrected chi connectivity index (χ0v) is 9.80. The van der Waals surface area contributed by atoms with E-state index in [0.717, 1.165) is 0 Å². The highest BCUT2D eigenvalue weighted by molar-refractivity contribution is 6.41. The smallest absolute Gasteiger partial charge is 0.207 e. The van der Waals surface area contributed by atoms with E-state index in [4.69, 9.17) is 49.8 Å². The van der Waals surface area contributed by atoms with Crippen molar-refractivity contribution < 1.29 is 14.9 Å². The molecule has 0 aliphatic heterocycles. The van der Waals surface area contributed by atoms with Gasteiger partial charge >= 0.3 is 0 Å². The van der Waals surface area contributed by atoms with Crippen LogP contribution in [0.3, 0.4) is 0 Å². The molecule has 0 aliphatic rings. The topological polar surface area (TPSA) is 67.5 Å². The highest BCUT2D eigenvalue weighted by Crippen LogP contribution is 2.25. The number of hydrogen-bond donors (Lipinski definition) is 2. The van der Waals surface area contributed by atoms with Crippen LogP contribution in [0.2, 0.25) is 15.6 Å². The van der Waals surface area contributed by atoms with Crippen molar-refractivity contribution in [3.63, 3.8) is 0 Å². The first-order valence-electron chi connectivity index (χ1n) is 4.00. The van der Waals surface area contributed by atoms with Crippen LogP contribution in [0.15, 0.2) is 0 Å². The Morgan fingerprint density at radius 3 is 2.27 bits per heavy atom. The minimum atomic E-state index is -0.682. The lowest BCUT2D eigenvalue weighted by Crippen LogP contribution is -2.23. The second-order valence-electron chi connectivity index (χ2n) is 2.67. The molecule has 0 atom stereocenters. The highest BCUT2D eigenvalue weighted by atomic mass is 35.5. The zero-order chi connectivity index (χ0) is 11.4. The maximum Gasteiger partial charge on any atom is 0.207 e. The minimum absolute atomic E-state index is 0.0385. The largest absolute Gasteiger partial charge is 0.394 e. The standard InChI is InChI=1S/C7H9Cl3N2O3/c8-5-6(9)12(7(10)11-5)3-15-4(1-13)2-14/h4,13-14H,1-3H2. The van der Waals surface area contributed by atoms with Crippen molar-refractivity contribution >= 4 is 34.8 Å². The Morgan fingerprint density at radius 2 is 1.87 bits per heavy atom. The third-order valence-corrected chi connectivity index (χ3v) is 2.70. The van der Waals surface area contributed by atoms with Crippen LogP contribution < -0.4 is 0 Å². The van der Waals surface area contributed by atoms with Gasteiger partial charge < -0.3 is 14.9 Å². The van der Waals surface area contributed by atoms with E-state index in [9.17, 15) is 0 Å². The Bertz CT molecular complexity index is 328. The van der Waals surface area contributed by atoms with E-state index in [2.05, 4.69) is 4.98 Å². The van der Waals surface area contributed by atoms with Crippen LogP contribution in [0.5, 0.6) is 0 Å². The predicted octanol–water partition coefficient (Wildman–Crippen LogP) is 1.17. The number of hydrogen-bond acceptors (Lipinski definition) is 4. The Labute approximate surface area is 101 Å². The summed E-state index contributed by atoms with van der Waals surface area (Å²) in [4.78, 5) is 3.70. The van der Waals surface area contributed by atoms with Gasteiger partial charge in [0.2, 0.25) is 5.28 Å². The monoisotopic (exact) mass is 274 g/mol. The molecule has 0 fully saturated rings. The van der Waals surface area contributed by atoms with Crippen molar-refractivity contribution in [2.24, 2.45) is 0 Å². The van der Waals surface area contributed by atoms with Crippen molar-refractivity contribution in [3.8, 4) is 0 Å². The molecule has 0 bridgehead atoms. The molecule has 1 rings (SSSR count).